The van der Waals surface area contributed by atoms with Crippen molar-refractivity contribution >= 4 is 46.2 Å². The number of anilines is 1. The van der Waals surface area contributed by atoms with Crippen LogP contribution in [0.2, 0.25) is 0 Å². The molecule has 1 saturated heterocycles. The van der Waals surface area contributed by atoms with Crippen molar-refractivity contribution in [3.8, 4) is 0 Å². The van der Waals surface area contributed by atoms with Crippen LogP contribution in [0, 0.1) is 0 Å². The van der Waals surface area contributed by atoms with Gasteiger partial charge in [0.2, 0.25) is 5.91 Å². The summed E-state index contributed by atoms with van der Waals surface area (Å²) in [7, 11) is 0. The number of ketones is 1. The van der Waals surface area contributed by atoms with E-state index in [1.807, 2.05) is 48.5 Å². The molecule has 2 N–H and O–H groups in total. The minimum absolute atomic E-state index is 0.171. The van der Waals surface area contributed by atoms with Crippen molar-refractivity contribution in [2.24, 2.45) is 0 Å². The van der Waals surface area contributed by atoms with Gasteiger partial charge < -0.3 is 10.6 Å². The molecule has 1 atom stereocenters. The number of carbonyl (C=O) groups excluding carboxylic acids is 4. The van der Waals surface area contributed by atoms with Gasteiger partial charge in [0.05, 0.1) is 0 Å². The molecule has 0 saturated carbocycles. The largest absolute Gasteiger partial charge is 0.325 e. The molecule has 38 heavy (non-hydrogen) atoms. The lowest BCUT2D eigenvalue weighted by atomic mass is 9.92. The van der Waals surface area contributed by atoms with Crippen molar-refractivity contribution < 1.29 is 19.2 Å². The van der Waals surface area contributed by atoms with Crippen molar-refractivity contribution in [3.63, 3.8) is 0 Å². The summed E-state index contributed by atoms with van der Waals surface area (Å²) in [5.74, 6) is -1.20. The van der Waals surface area contributed by atoms with Gasteiger partial charge in [0, 0.05) is 11.3 Å². The highest BCUT2D eigenvalue weighted by molar-refractivity contribution is 6.10. The second-order valence-corrected chi connectivity index (χ2v) is 9.20. The van der Waals surface area contributed by atoms with E-state index in [-0.39, 0.29) is 5.78 Å². The van der Waals surface area contributed by atoms with Gasteiger partial charge >= 0.3 is 6.03 Å². The maximum atomic E-state index is 13.0. The van der Waals surface area contributed by atoms with Crippen LogP contribution in [0.4, 0.5) is 10.5 Å². The number of amides is 4. The number of carbonyl (C=O) groups is 4. The Morgan fingerprint density at radius 3 is 2.32 bits per heavy atom. The van der Waals surface area contributed by atoms with Gasteiger partial charge in [-0.15, -0.1) is 0 Å². The van der Waals surface area contributed by atoms with E-state index in [0.29, 0.717) is 16.8 Å². The standard InChI is InChI=1S/C31H25N3O4/c1-31(24-11-3-2-4-12-24)29(37)34(30(38)33-31)20-28(36)32-25-17-14-23(15-18-25)27(35)19-16-22-10-7-9-21-8-5-6-13-26(21)22/h2-19H,20H2,1H3,(H,32,36)(H,33,38)/b19-16-. The number of nitrogens with one attached hydrogen (secondary N) is 2. The van der Waals surface area contributed by atoms with Crippen molar-refractivity contribution in [1.82, 2.24) is 10.2 Å². The van der Waals surface area contributed by atoms with Crippen LogP contribution < -0.4 is 10.6 Å². The van der Waals surface area contributed by atoms with Crippen LogP contribution in [0.3, 0.4) is 0 Å². The number of hydrogen-bond acceptors (Lipinski definition) is 4. The number of allylic oxidation sites excluding steroid dienone is 1. The molecule has 4 amide bonds. The number of urea groups is 1. The Hall–Kier alpha value is -5.04. The molecule has 4 aromatic rings. The molecule has 4 aromatic carbocycles. The Bertz CT molecular complexity index is 1570. The van der Waals surface area contributed by atoms with Gasteiger partial charge in [0.1, 0.15) is 12.1 Å². The second kappa shape index (κ2) is 10.1. The summed E-state index contributed by atoms with van der Waals surface area (Å²) in [4.78, 5) is 51.7. The van der Waals surface area contributed by atoms with E-state index in [9.17, 15) is 19.2 Å². The van der Waals surface area contributed by atoms with Crippen LogP contribution in [0.15, 0.2) is 103 Å². The first-order valence-electron chi connectivity index (χ1n) is 12.1. The average molecular weight is 504 g/mol. The van der Waals surface area contributed by atoms with E-state index >= 15 is 0 Å². The van der Waals surface area contributed by atoms with Gasteiger partial charge in [-0.1, -0.05) is 78.9 Å². The van der Waals surface area contributed by atoms with E-state index in [4.69, 9.17) is 0 Å². The number of fused-ring (bicyclic) bond motifs is 1. The van der Waals surface area contributed by atoms with Gasteiger partial charge in [-0.3, -0.25) is 19.3 Å². The molecule has 1 fully saturated rings. The smallest absolute Gasteiger partial charge is 0.325 e. The molecule has 1 unspecified atom stereocenters. The summed E-state index contributed by atoms with van der Waals surface area (Å²) in [5, 5.41) is 7.52. The molecule has 0 bridgehead atoms. The third-order valence-electron chi connectivity index (χ3n) is 6.62. The van der Waals surface area contributed by atoms with Crippen LogP contribution >= 0.6 is 0 Å². The molecule has 0 aliphatic carbocycles. The summed E-state index contributed by atoms with van der Waals surface area (Å²) in [6.07, 6.45) is 3.32. The van der Waals surface area contributed by atoms with Crippen molar-refractivity contribution in [2.75, 3.05) is 11.9 Å². The number of nitrogens with zero attached hydrogens (tertiary/aromatic N) is 1. The predicted molar refractivity (Wildman–Crippen MR) is 146 cm³/mol. The lowest BCUT2D eigenvalue weighted by Gasteiger charge is -2.22. The van der Waals surface area contributed by atoms with Gasteiger partial charge in [-0.2, -0.15) is 0 Å². The van der Waals surface area contributed by atoms with Crippen LogP contribution in [0.1, 0.15) is 28.4 Å². The number of rotatable bonds is 7. The Balaban J connectivity index is 1.21. The quantitative estimate of drug-likeness (QED) is 0.207. The van der Waals surface area contributed by atoms with Crippen molar-refractivity contribution in [2.45, 2.75) is 12.5 Å². The SMILES string of the molecule is CC1(c2ccccc2)NC(=O)N(CC(=O)Nc2ccc(C(=O)/C=C\c3cccc4ccccc34)cc2)C1=O. The molecule has 0 spiro atoms. The van der Waals surface area contributed by atoms with Crippen LogP contribution in [-0.4, -0.2) is 35.1 Å². The summed E-state index contributed by atoms with van der Waals surface area (Å²) in [6.45, 7) is 1.19. The lowest BCUT2D eigenvalue weighted by molar-refractivity contribution is -0.133. The Morgan fingerprint density at radius 2 is 1.55 bits per heavy atom. The molecule has 1 aliphatic rings. The molecule has 0 aromatic heterocycles. The summed E-state index contributed by atoms with van der Waals surface area (Å²) in [6, 6.07) is 28.6. The molecular formula is C31H25N3O4. The summed E-state index contributed by atoms with van der Waals surface area (Å²) in [5.41, 5.74) is 1.26. The minimum Gasteiger partial charge on any atom is -0.325 e. The topological polar surface area (TPSA) is 95.6 Å². The van der Waals surface area contributed by atoms with E-state index in [2.05, 4.69) is 10.6 Å². The molecule has 5 rings (SSSR count). The number of imide groups is 1. The zero-order valence-electron chi connectivity index (χ0n) is 20.7. The van der Waals surface area contributed by atoms with Crippen LogP contribution in [0.25, 0.3) is 16.8 Å². The minimum atomic E-state index is -1.24. The summed E-state index contributed by atoms with van der Waals surface area (Å²) >= 11 is 0. The van der Waals surface area contributed by atoms with Crippen molar-refractivity contribution in [1.29, 1.82) is 0 Å². The fourth-order valence-corrected chi connectivity index (χ4v) is 4.53. The first-order valence-corrected chi connectivity index (χ1v) is 12.1. The highest BCUT2D eigenvalue weighted by atomic mass is 16.2. The maximum absolute atomic E-state index is 13.0. The molecule has 0 radical (unpaired) electrons. The zero-order valence-corrected chi connectivity index (χ0v) is 20.7. The monoisotopic (exact) mass is 503 g/mol. The average Bonchev–Trinajstić information content (AvgIpc) is 3.16. The van der Waals surface area contributed by atoms with Gasteiger partial charge in [0.25, 0.3) is 5.91 Å². The van der Waals surface area contributed by atoms with Gasteiger partial charge in [0.15, 0.2) is 5.78 Å². The van der Waals surface area contributed by atoms with E-state index in [0.717, 1.165) is 21.2 Å². The normalized spacial score (nSPS) is 17.1. The van der Waals surface area contributed by atoms with Gasteiger partial charge in [-0.25, -0.2) is 4.79 Å². The summed E-state index contributed by atoms with van der Waals surface area (Å²) < 4.78 is 0. The highest BCUT2D eigenvalue weighted by Gasteiger charge is 2.49. The molecule has 7 heteroatoms. The third-order valence-corrected chi connectivity index (χ3v) is 6.62. The Labute approximate surface area is 219 Å². The fraction of sp³-hybridized carbons (Fsp3) is 0.0968. The Morgan fingerprint density at radius 1 is 0.868 bits per heavy atom. The van der Waals surface area contributed by atoms with Crippen LogP contribution in [0.5, 0.6) is 0 Å². The second-order valence-electron chi connectivity index (χ2n) is 9.20. The number of benzene rings is 4. The zero-order chi connectivity index (χ0) is 26.7. The first-order chi connectivity index (χ1) is 18.3. The molecule has 1 aliphatic heterocycles. The third kappa shape index (κ3) is 4.82. The number of hydrogen-bond donors (Lipinski definition) is 2. The van der Waals surface area contributed by atoms with E-state index < -0.39 is 29.9 Å². The van der Waals surface area contributed by atoms with E-state index in [1.54, 1.807) is 61.5 Å². The molecule has 188 valence electrons. The molecule has 7 nitrogen and oxygen atoms in total. The van der Waals surface area contributed by atoms with Crippen LogP contribution in [-0.2, 0) is 15.1 Å². The van der Waals surface area contributed by atoms with E-state index in [1.165, 1.54) is 6.08 Å². The highest BCUT2D eigenvalue weighted by Crippen LogP contribution is 2.28. The molecular weight excluding hydrogens is 478 g/mol. The van der Waals surface area contributed by atoms with Crippen molar-refractivity contribution in [3.05, 3.63) is 120 Å². The first kappa shape index (κ1) is 24.6. The predicted octanol–water partition coefficient (Wildman–Crippen LogP) is 5.14. The lowest BCUT2D eigenvalue weighted by Crippen LogP contribution is -2.42. The van der Waals surface area contributed by atoms with Gasteiger partial charge in [-0.05, 0) is 59.2 Å². The maximum Gasteiger partial charge on any atom is 0.325 e. The Kier molecular flexibility index (Phi) is 6.58. The fourth-order valence-electron chi connectivity index (χ4n) is 4.53. The molecule has 1 heterocycles.